The van der Waals surface area contributed by atoms with Crippen molar-refractivity contribution in [1.82, 2.24) is 30.1 Å². The van der Waals surface area contributed by atoms with Crippen LogP contribution in [0.15, 0.2) is 46.6 Å². The number of esters is 1. The van der Waals surface area contributed by atoms with E-state index in [1.807, 2.05) is 36.6 Å². The summed E-state index contributed by atoms with van der Waals surface area (Å²) in [6, 6.07) is 11.9. The molecule has 10 heteroatoms. The molecule has 0 radical (unpaired) electrons. The summed E-state index contributed by atoms with van der Waals surface area (Å²) in [5.41, 5.74) is 2.51. The van der Waals surface area contributed by atoms with Crippen molar-refractivity contribution in [3.8, 4) is 0 Å². The fourth-order valence-electron chi connectivity index (χ4n) is 4.23. The lowest BCUT2D eigenvalue weighted by Crippen LogP contribution is -2.33. The maximum Gasteiger partial charge on any atom is 0.327 e. The van der Waals surface area contributed by atoms with Crippen molar-refractivity contribution in [1.29, 1.82) is 0 Å². The first-order valence-corrected chi connectivity index (χ1v) is 12.7. The molecule has 3 aromatic heterocycles. The number of carbonyl (C=O) groups is 1. The number of tetrazole rings is 1. The summed E-state index contributed by atoms with van der Waals surface area (Å²) in [5.74, 6) is 0.201. The quantitative estimate of drug-likeness (QED) is 0.314. The zero-order chi connectivity index (χ0) is 24.8. The molecule has 35 heavy (non-hydrogen) atoms. The molecule has 1 atom stereocenters. The molecule has 1 N–H and O–H groups in total. The van der Waals surface area contributed by atoms with Gasteiger partial charge in [0.1, 0.15) is 6.54 Å². The summed E-state index contributed by atoms with van der Waals surface area (Å²) in [6.07, 6.45) is 1.64. The molecule has 0 unspecified atom stereocenters. The third-order valence-corrected chi connectivity index (χ3v) is 6.69. The summed E-state index contributed by atoms with van der Waals surface area (Å²) in [6.45, 7) is 7.18. The molecule has 0 fully saturated rings. The molecule has 0 bridgehead atoms. The average molecular weight is 495 g/mol. The number of aromatic amines is 1. The van der Waals surface area contributed by atoms with Crippen molar-refractivity contribution in [2.75, 3.05) is 6.61 Å². The number of carbonyl (C=O) groups excluding carboxylic acids is 1. The second-order valence-corrected chi connectivity index (χ2v) is 9.54. The lowest BCUT2D eigenvalue weighted by molar-refractivity contribution is -0.144. The highest BCUT2D eigenvalue weighted by atomic mass is 32.1. The Balaban J connectivity index is 1.72. The second kappa shape index (κ2) is 11.4. The average Bonchev–Trinajstić information content (AvgIpc) is 3.50. The number of benzene rings is 1. The van der Waals surface area contributed by atoms with Crippen molar-refractivity contribution < 1.29 is 9.53 Å². The third-order valence-electron chi connectivity index (χ3n) is 5.83. The van der Waals surface area contributed by atoms with Gasteiger partial charge in [0, 0.05) is 29.0 Å². The van der Waals surface area contributed by atoms with Crippen LogP contribution in [0.4, 0.5) is 0 Å². The number of ether oxygens (including phenoxy) is 1. The van der Waals surface area contributed by atoms with E-state index in [0.717, 1.165) is 29.3 Å². The van der Waals surface area contributed by atoms with Gasteiger partial charge >= 0.3 is 5.97 Å². The van der Waals surface area contributed by atoms with E-state index in [9.17, 15) is 9.59 Å². The van der Waals surface area contributed by atoms with Gasteiger partial charge < -0.3 is 9.72 Å². The fourth-order valence-corrected chi connectivity index (χ4v) is 4.96. The summed E-state index contributed by atoms with van der Waals surface area (Å²) in [4.78, 5) is 31.6. The van der Waals surface area contributed by atoms with Crippen molar-refractivity contribution >= 4 is 28.2 Å². The van der Waals surface area contributed by atoms with Crippen molar-refractivity contribution in [2.24, 2.45) is 0 Å². The van der Waals surface area contributed by atoms with Gasteiger partial charge in [-0.3, -0.25) is 14.5 Å². The lowest BCUT2D eigenvalue weighted by Gasteiger charge is -2.30. The van der Waals surface area contributed by atoms with Crippen LogP contribution in [0.2, 0.25) is 0 Å². The molecule has 0 aliphatic rings. The summed E-state index contributed by atoms with van der Waals surface area (Å²) >= 11 is 1.66. The van der Waals surface area contributed by atoms with Crippen LogP contribution in [-0.4, -0.2) is 42.7 Å². The number of hydrogen-bond donors (Lipinski definition) is 1. The first kappa shape index (κ1) is 24.7. The SMILES string of the molecule is CCC[C@H](c1nnnn1CC(=O)OCC)N(Cc1cccs1)Cc1cc2cc(C)ccc2[nH]c1=O. The van der Waals surface area contributed by atoms with E-state index in [1.54, 1.807) is 18.3 Å². The first-order valence-electron chi connectivity index (χ1n) is 11.8. The molecule has 4 aromatic rings. The minimum atomic E-state index is -0.387. The van der Waals surface area contributed by atoms with Gasteiger partial charge in [0.05, 0.1) is 12.6 Å². The molecule has 1 aromatic carbocycles. The highest BCUT2D eigenvalue weighted by Gasteiger charge is 2.28. The molecule has 0 aliphatic heterocycles. The molecular formula is C25H30N6O3S. The molecule has 9 nitrogen and oxygen atoms in total. The Labute approximate surface area is 207 Å². The van der Waals surface area contributed by atoms with Gasteiger partial charge in [-0.15, -0.1) is 16.4 Å². The maximum atomic E-state index is 13.0. The van der Waals surface area contributed by atoms with Crippen LogP contribution in [-0.2, 0) is 29.2 Å². The lowest BCUT2D eigenvalue weighted by atomic mass is 10.1. The highest BCUT2D eigenvalue weighted by Crippen LogP contribution is 2.29. The fraction of sp³-hybridized carbons (Fsp3) is 0.400. The minimum absolute atomic E-state index is 0.0565. The number of rotatable bonds is 11. The van der Waals surface area contributed by atoms with Crippen LogP contribution in [0.5, 0.6) is 0 Å². The number of thiophene rings is 1. The number of hydrogen-bond acceptors (Lipinski definition) is 8. The number of nitrogens with zero attached hydrogens (tertiary/aromatic N) is 5. The number of aryl methyl sites for hydroxylation is 1. The van der Waals surface area contributed by atoms with Gasteiger partial charge in [0.25, 0.3) is 5.56 Å². The molecule has 4 rings (SSSR count). The molecule has 0 saturated carbocycles. The topological polar surface area (TPSA) is 106 Å². The third kappa shape index (κ3) is 6.01. The second-order valence-electron chi connectivity index (χ2n) is 8.50. The Hall–Kier alpha value is -3.37. The van der Waals surface area contributed by atoms with Crippen LogP contribution in [0.1, 0.15) is 54.6 Å². The Morgan fingerprint density at radius 2 is 2.09 bits per heavy atom. The van der Waals surface area contributed by atoms with Crippen molar-refractivity contribution in [2.45, 2.75) is 59.3 Å². The molecule has 0 spiro atoms. The van der Waals surface area contributed by atoms with Crippen LogP contribution in [0, 0.1) is 6.92 Å². The standard InChI is InChI=1S/C25H30N6O3S/c1-4-7-22(24-27-28-29-31(24)16-23(32)34-5-2)30(15-20-8-6-11-35-20)14-19-13-18-12-17(3)9-10-21(18)26-25(19)33/h6,8-13,22H,4-5,7,14-16H2,1-3H3,(H,26,33)/t22-/m1/s1. The van der Waals surface area contributed by atoms with E-state index in [1.165, 1.54) is 9.56 Å². The Morgan fingerprint density at radius 1 is 1.23 bits per heavy atom. The van der Waals surface area contributed by atoms with Crippen LogP contribution in [0.25, 0.3) is 10.9 Å². The zero-order valence-electron chi connectivity index (χ0n) is 20.2. The Morgan fingerprint density at radius 3 is 2.83 bits per heavy atom. The number of nitrogens with one attached hydrogen (secondary N) is 1. The molecule has 0 amide bonds. The van der Waals surface area contributed by atoms with E-state index in [0.29, 0.717) is 31.1 Å². The molecular weight excluding hydrogens is 464 g/mol. The van der Waals surface area contributed by atoms with E-state index in [-0.39, 0.29) is 24.1 Å². The monoisotopic (exact) mass is 494 g/mol. The van der Waals surface area contributed by atoms with Crippen LogP contribution < -0.4 is 5.56 Å². The number of fused-ring (bicyclic) bond motifs is 1. The van der Waals surface area contributed by atoms with E-state index >= 15 is 0 Å². The van der Waals surface area contributed by atoms with Gasteiger partial charge in [-0.25, -0.2) is 4.68 Å². The number of aromatic nitrogens is 5. The number of H-pyrrole nitrogens is 1. The smallest absolute Gasteiger partial charge is 0.327 e. The summed E-state index contributed by atoms with van der Waals surface area (Å²) in [5, 5.41) is 15.2. The zero-order valence-corrected chi connectivity index (χ0v) is 21.0. The Kier molecular flexibility index (Phi) is 8.04. The van der Waals surface area contributed by atoms with Crippen LogP contribution >= 0.6 is 11.3 Å². The normalized spacial score (nSPS) is 12.3. The molecule has 0 aliphatic carbocycles. The van der Waals surface area contributed by atoms with E-state index in [4.69, 9.17) is 4.74 Å². The Bertz CT molecular complexity index is 1330. The predicted octanol–water partition coefficient (Wildman–Crippen LogP) is 3.99. The maximum absolute atomic E-state index is 13.0. The largest absolute Gasteiger partial charge is 0.465 e. The van der Waals surface area contributed by atoms with Crippen molar-refractivity contribution in [3.05, 3.63) is 74.0 Å². The first-order chi connectivity index (χ1) is 17.0. The number of pyridine rings is 1. The summed E-state index contributed by atoms with van der Waals surface area (Å²) < 4.78 is 6.61. The van der Waals surface area contributed by atoms with E-state index < -0.39 is 0 Å². The van der Waals surface area contributed by atoms with Gasteiger partial charge in [-0.05, 0) is 65.7 Å². The molecule has 0 saturated heterocycles. The molecule has 3 heterocycles. The van der Waals surface area contributed by atoms with E-state index in [2.05, 4.69) is 44.5 Å². The van der Waals surface area contributed by atoms with Gasteiger partial charge in [0.15, 0.2) is 5.82 Å². The van der Waals surface area contributed by atoms with Crippen molar-refractivity contribution in [3.63, 3.8) is 0 Å². The highest BCUT2D eigenvalue weighted by molar-refractivity contribution is 7.09. The van der Waals surface area contributed by atoms with Gasteiger partial charge in [-0.2, -0.15) is 0 Å². The van der Waals surface area contributed by atoms with Gasteiger partial charge in [0.2, 0.25) is 0 Å². The predicted molar refractivity (Wildman–Crippen MR) is 135 cm³/mol. The minimum Gasteiger partial charge on any atom is -0.465 e. The van der Waals surface area contributed by atoms with Gasteiger partial charge in [-0.1, -0.05) is 31.0 Å². The molecule has 184 valence electrons. The van der Waals surface area contributed by atoms with Crippen LogP contribution in [0.3, 0.4) is 0 Å². The summed E-state index contributed by atoms with van der Waals surface area (Å²) in [7, 11) is 0.